The highest BCUT2D eigenvalue weighted by atomic mass is 79.9. The summed E-state index contributed by atoms with van der Waals surface area (Å²) in [5, 5.41) is 10.6. The second-order valence-corrected chi connectivity index (χ2v) is 7.41. The van der Waals surface area contributed by atoms with Gasteiger partial charge in [-0.05, 0) is 70.9 Å². The smallest absolute Gasteiger partial charge is 0.133 e. The van der Waals surface area contributed by atoms with Crippen molar-refractivity contribution in [2.45, 2.75) is 38.7 Å². The van der Waals surface area contributed by atoms with Gasteiger partial charge in [0.1, 0.15) is 11.9 Å². The molecule has 0 radical (unpaired) electrons. The van der Waals surface area contributed by atoms with Crippen molar-refractivity contribution in [3.8, 4) is 5.75 Å². The third kappa shape index (κ3) is 3.17. The first-order valence-corrected chi connectivity index (χ1v) is 9.01. The molecule has 0 amide bonds. The minimum absolute atomic E-state index is 0.544. The molecule has 3 rings (SSSR count). The van der Waals surface area contributed by atoms with Crippen LogP contribution in [0.2, 0.25) is 0 Å². The summed E-state index contributed by atoms with van der Waals surface area (Å²) in [7, 11) is 0. The van der Waals surface area contributed by atoms with E-state index in [1.54, 1.807) is 11.3 Å². The number of rotatable bonds is 5. The molecule has 4 heteroatoms. The van der Waals surface area contributed by atoms with Gasteiger partial charge in [-0.15, -0.1) is 11.3 Å². The van der Waals surface area contributed by atoms with Gasteiger partial charge in [0.2, 0.25) is 0 Å². The van der Waals surface area contributed by atoms with Gasteiger partial charge >= 0.3 is 0 Å². The van der Waals surface area contributed by atoms with Gasteiger partial charge in [0.05, 0.1) is 11.1 Å². The predicted molar refractivity (Wildman–Crippen MR) is 90.3 cm³/mol. The lowest BCUT2D eigenvalue weighted by Gasteiger charge is -2.12. The maximum atomic E-state index is 10.6. The fourth-order valence-electron chi connectivity index (χ4n) is 2.67. The number of aliphatic hydroxyl groups is 1. The second-order valence-electron chi connectivity index (χ2n) is 5.39. The minimum atomic E-state index is -0.544. The Morgan fingerprint density at radius 2 is 2.19 bits per heavy atom. The number of ether oxygens (including phenoxy) is 1. The van der Waals surface area contributed by atoms with E-state index in [1.807, 2.05) is 18.2 Å². The third-order valence-corrected chi connectivity index (χ3v) is 5.68. The molecule has 1 N–H and O–H groups in total. The molecule has 1 aliphatic carbocycles. The molecule has 1 atom stereocenters. The van der Waals surface area contributed by atoms with Crippen molar-refractivity contribution in [2.75, 3.05) is 6.61 Å². The molecule has 0 bridgehead atoms. The van der Waals surface area contributed by atoms with Crippen LogP contribution in [0.1, 0.15) is 46.8 Å². The Kier molecular flexibility index (Phi) is 4.67. The highest BCUT2D eigenvalue weighted by molar-refractivity contribution is 9.10. The van der Waals surface area contributed by atoms with E-state index in [2.05, 4.69) is 28.9 Å². The normalized spacial score (nSPS) is 15.0. The van der Waals surface area contributed by atoms with E-state index >= 15 is 0 Å². The first-order chi connectivity index (χ1) is 10.2. The molecule has 0 saturated heterocycles. The molecule has 2 nitrogen and oxygen atoms in total. The molecule has 1 heterocycles. The van der Waals surface area contributed by atoms with Crippen molar-refractivity contribution < 1.29 is 9.84 Å². The topological polar surface area (TPSA) is 29.5 Å². The Morgan fingerprint density at radius 3 is 2.90 bits per heavy atom. The van der Waals surface area contributed by atoms with E-state index in [9.17, 15) is 5.11 Å². The lowest BCUT2D eigenvalue weighted by atomic mass is 10.1. The van der Waals surface area contributed by atoms with Crippen molar-refractivity contribution in [1.29, 1.82) is 0 Å². The van der Waals surface area contributed by atoms with Gasteiger partial charge in [0, 0.05) is 9.75 Å². The van der Waals surface area contributed by atoms with Gasteiger partial charge in [-0.25, -0.2) is 0 Å². The fourth-order valence-corrected chi connectivity index (χ4v) is 4.45. The monoisotopic (exact) mass is 366 g/mol. The Bertz CT molecular complexity index is 614. The van der Waals surface area contributed by atoms with Crippen LogP contribution >= 0.6 is 27.3 Å². The van der Waals surface area contributed by atoms with Gasteiger partial charge in [0.15, 0.2) is 0 Å². The molecule has 1 aromatic heterocycles. The molecule has 0 saturated carbocycles. The standard InChI is InChI=1S/C17H19BrO2S/c1-2-8-20-14-7-6-12(9-13(14)18)17(19)16-10-11-4-3-5-15(11)21-16/h6-7,9-10,17,19H,2-5,8H2,1H3. The van der Waals surface area contributed by atoms with Gasteiger partial charge in [-0.2, -0.15) is 0 Å². The summed E-state index contributed by atoms with van der Waals surface area (Å²) < 4.78 is 6.55. The second kappa shape index (κ2) is 6.51. The van der Waals surface area contributed by atoms with Gasteiger partial charge in [0.25, 0.3) is 0 Å². The maximum Gasteiger partial charge on any atom is 0.133 e. The Balaban J connectivity index is 1.80. The number of aryl methyl sites for hydroxylation is 2. The van der Waals surface area contributed by atoms with Crippen LogP contribution in [0, 0.1) is 0 Å². The fraction of sp³-hybridized carbons (Fsp3) is 0.412. The molecule has 2 aromatic rings. The van der Waals surface area contributed by atoms with E-state index in [0.717, 1.165) is 33.5 Å². The molecule has 0 fully saturated rings. The number of thiophene rings is 1. The summed E-state index contributed by atoms with van der Waals surface area (Å²) >= 11 is 5.28. The number of fused-ring (bicyclic) bond motifs is 1. The largest absolute Gasteiger partial charge is 0.492 e. The van der Waals surface area contributed by atoms with Crippen molar-refractivity contribution in [3.05, 3.63) is 49.6 Å². The van der Waals surface area contributed by atoms with Crippen LogP contribution in [-0.4, -0.2) is 11.7 Å². The first kappa shape index (κ1) is 15.1. The van der Waals surface area contributed by atoms with Crippen molar-refractivity contribution in [1.82, 2.24) is 0 Å². The zero-order valence-corrected chi connectivity index (χ0v) is 14.5. The van der Waals surface area contributed by atoms with Gasteiger partial charge in [-0.1, -0.05) is 13.0 Å². The number of aliphatic hydroxyl groups excluding tert-OH is 1. The molecule has 0 spiro atoms. The summed E-state index contributed by atoms with van der Waals surface area (Å²) in [5.41, 5.74) is 2.33. The van der Waals surface area contributed by atoms with Crippen LogP contribution < -0.4 is 4.74 Å². The summed E-state index contributed by atoms with van der Waals surface area (Å²) in [4.78, 5) is 2.50. The number of hydrogen-bond acceptors (Lipinski definition) is 3. The van der Waals surface area contributed by atoms with Crippen molar-refractivity contribution >= 4 is 27.3 Å². The lowest BCUT2D eigenvalue weighted by Crippen LogP contribution is -2.00. The average molecular weight is 367 g/mol. The van der Waals surface area contributed by atoms with E-state index < -0.39 is 6.10 Å². The Morgan fingerprint density at radius 1 is 1.33 bits per heavy atom. The SMILES string of the molecule is CCCOc1ccc(C(O)c2cc3c(s2)CCC3)cc1Br. The maximum absolute atomic E-state index is 10.6. The van der Waals surface area contributed by atoms with E-state index in [-0.39, 0.29) is 0 Å². The van der Waals surface area contributed by atoms with Gasteiger partial charge in [-0.3, -0.25) is 0 Å². The number of hydrogen-bond donors (Lipinski definition) is 1. The molecule has 0 aliphatic heterocycles. The number of halogens is 1. The van der Waals surface area contributed by atoms with Crippen LogP contribution in [0.15, 0.2) is 28.7 Å². The van der Waals surface area contributed by atoms with Crippen molar-refractivity contribution in [2.24, 2.45) is 0 Å². The zero-order valence-electron chi connectivity index (χ0n) is 12.1. The summed E-state index contributed by atoms with van der Waals surface area (Å²) in [6, 6.07) is 8.01. The van der Waals surface area contributed by atoms with Gasteiger partial charge < -0.3 is 9.84 Å². The Labute approximate surface area is 137 Å². The minimum Gasteiger partial charge on any atom is -0.492 e. The lowest BCUT2D eigenvalue weighted by molar-refractivity contribution is 0.223. The van der Waals surface area contributed by atoms with Crippen LogP contribution in [0.4, 0.5) is 0 Å². The summed E-state index contributed by atoms with van der Waals surface area (Å²) in [6.45, 7) is 2.79. The zero-order chi connectivity index (χ0) is 14.8. The van der Waals surface area contributed by atoms with Crippen LogP contribution in [0.5, 0.6) is 5.75 Å². The van der Waals surface area contributed by atoms with E-state index in [0.29, 0.717) is 6.61 Å². The highest BCUT2D eigenvalue weighted by Crippen LogP contribution is 2.37. The van der Waals surface area contributed by atoms with Crippen LogP contribution in [0.3, 0.4) is 0 Å². The quantitative estimate of drug-likeness (QED) is 0.817. The molecular formula is C17H19BrO2S. The van der Waals surface area contributed by atoms with Crippen LogP contribution in [0.25, 0.3) is 0 Å². The highest BCUT2D eigenvalue weighted by Gasteiger charge is 2.20. The molecule has 1 aliphatic rings. The third-order valence-electron chi connectivity index (χ3n) is 3.77. The first-order valence-electron chi connectivity index (χ1n) is 7.41. The van der Waals surface area contributed by atoms with Crippen molar-refractivity contribution in [3.63, 3.8) is 0 Å². The molecule has 1 aromatic carbocycles. The van der Waals surface area contributed by atoms with E-state index in [4.69, 9.17) is 4.74 Å². The molecule has 1 unspecified atom stereocenters. The van der Waals surface area contributed by atoms with E-state index in [1.165, 1.54) is 23.3 Å². The molecule has 112 valence electrons. The average Bonchev–Trinajstić information content (AvgIpc) is 3.06. The Hall–Kier alpha value is -0.840. The summed E-state index contributed by atoms with van der Waals surface area (Å²) in [6.07, 6.45) is 4.02. The molecular weight excluding hydrogens is 348 g/mol. The summed E-state index contributed by atoms with van der Waals surface area (Å²) in [5.74, 6) is 0.835. The van der Waals surface area contributed by atoms with Crippen LogP contribution in [-0.2, 0) is 12.8 Å². The number of benzene rings is 1. The molecule has 21 heavy (non-hydrogen) atoms. The predicted octanol–water partition coefficient (Wildman–Crippen LogP) is 4.87.